The van der Waals surface area contributed by atoms with Crippen LogP contribution in [0.25, 0.3) is 11.3 Å². The fraction of sp³-hybridized carbons (Fsp3) is 0.471. The molecule has 1 aliphatic rings. The fourth-order valence-corrected chi connectivity index (χ4v) is 4.07. The molecule has 2 aromatic rings. The topological polar surface area (TPSA) is 42.2 Å². The highest BCUT2D eigenvalue weighted by Gasteiger charge is 2.22. The van der Waals surface area contributed by atoms with Crippen LogP contribution in [0.1, 0.15) is 37.5 Å². The van der Waals surface area contributed by atoms with Crippen LogP contribution < -0.4 is 10.6 Å². The Morgan fingerprint density at radius 3 is 2.81 bits per heavy atom. The van der Waals surface area contributed by atoms with Crippen molar-refractivity contribution < 1.29 is 0 Å². The highest BCUT2D eigenvalue weighted by atomic mass is 32.1. The molecule has 112 valence electrons. The molecule has 0 aliphatic carbocycles. The SMILES string of the molecule is CC1CCCCCN1c1nc(-c2ccccc2)c(CN)s1. The van der Waals surface area contributed by atoms with E-state index in [1.54, 1.807) is 11.3 Å². The molecule has 1 fully saturated rings. The van der Waals surface area contributed by atoms with Crippen LogP contribution in [-0.4, -0.2) is 17.6 Å². The fourth-order valence-electron chi connectivity index (χ4n) is 2.98. The van der Waals surface area contributed by atoms with Gasteiger partial charge in [-0.2, -0.15) is 0 Å². The van der Waals surface area contributed by atoms with Crippen LogP contribution in [0.2, 0.25) is 0 Å². The first-order valence-corrected chi connectivity index (χ1v) is 8.63. The summed E-state index contributed by atoms with van der Waals surface area (Å²) in [6, 6.07) is 11.0. The molecular weight excluding hydrogens is 278 g/mol. The van der Waals surface area contributed by atoms with Crippen LogP contribution in [0.3, 0.4) is 0 Å². The normalized spacial score (nSPS) is 19.5. The average molecular weight is 301 g/mol. The molecular formula is C17H23N3S. The molecule has 0 spiro atoms. The van der Waals surface area contributed by atoms with E-state index in [2.05, 4.69) is 36.1 Å². The van der Waals surface area contributed by atoms with Crippen LogP contribution in [0.15, 0.2) is 30.3 Å². The van der Waals surface area contributed by atoms with Gasteiger partial charge < -0.3 is 10.6 Å². The molecule has 3 rings (SSSR count). The van der Waals surface area contributed by atoms with Crippen molar-refractivity contribution in [2.75, 3.05) is 11.4 Å². The minimum atomic E-state index is 0.560. The molecule has 21 heavy (non-hydrogen) atoms. The van der Waals surface area contributed by atoms with Crippen LogP contribution in [0, 0.1) is 0 Å². The molecule has 1 atom stereocenters. The molecule has 1 aliphatic heterocycles. The number of aromatic nitrogens is 1. The van der Waals surface area contributed by atoms with Crippen molar-refractivity contribution in [1.82, 2.24) is 4.98 Å². The van der Waals surface area contributed by atoms with Crippen molar-refractivity contribution in [3.8, 4) is 11.3 Å². The van der Waals surface area contributed by atoms with Crippen molar-refractivity contribution in [1.29, 1.82) is 0 Å². The van der Waals surface area contributed by atoms with Crippen LogP contribution >= 0.6 is 11.3 Å². The van der Waals surface area contributed by atoms with Crippen molar-refractivity contribution in [3.05, 3.63) is 35.2 Å². The average Bonchev–Trinajstić information content (AvgIpc) is 2.84. The first kappa shape index (κ1) is 14.5. The summed E-state index contributed by atoms with van der Waals surface area (Å²) >= 11 is 1.76. The van der Waals surface area contributed by atoms with Gasteiger partial charge in [0.15, 0.2) is 5.13 Å². The number of anilines is 1. The number of hydrogen-bond donors (Lipinski definition) is 1. The second-order valence-electron chi connectivity index (χ2n) is 5.73. The zero-order valence-corrected chi connectivity index (χ0v) is 13.4. The summed E-state index contributed by atoms with van der Waals surface area (Å²) in [6.07, 6.45) is 5.20. The van der Waals surface area contributed by atoms with E-state index in [0.29, 0.717) is 12.6 Å². The van der Waals surface area contributed by atoms with Gasteiger partial charge in [-0.1, -0.05) is 54.5 Å². The summed E-state index contributed by atoms with van der Waals surface area (Å²) < 4.78 is 0. The Labute approximate surface area is 130 Å². The van der Waals surface area contributed by atoms with E-state index in [0.717, 1.165) is 17.4 Å². The van der Waals surface area contributed by atoms with E-state index in [9.17, 15) is 0 Å². The Balaban J connectivity index is 1.95. The van der Waals surface area contributed by atoms with Crippen molar-refractivity contribution in [3.63, 3.8) is 0 Å². The third-order valence-corrected chi connectivity index (χ3v) is 5.33. The lowest BCUT2D eigenvalue weighted by atomic mass is 10.1. The molecule has 0 radical (unpaired) electrons. The van der Waals surface area contributed by atoms with Gasteiger partial charge in [0.2, 0.25) is 0 Å². The highest BCUT2D eigenvalue weighted by Crippen LogP contribution is 2.35. The van der Waals surface area contributed by atoms with Gasteiger partial charge in [-0.05, 0) is 19.8 Å². The monoisotopic (exact) mass is 301 g/mol. The number of rotatable bonds is 3. The lowest BCUT2D eigenvalue weighted by molar-refractivity contribution is 0.615. The molecule has 2 N–H and O–H groups in total. The van der Waals surface area contributed by atoms with Crippen LogP contribution in [0.4, 0.5) is 5.13 Å². The summed E-state index contributed by atoms with van der Waals surface area (Å²) in [4.78, 5) is 8.59. The molecule has 1 saturated heterocycles. The standard InChI is InChI=1S/C17H23N3S/c1-13-8-4-3-7-11-20(13)17-19-16(15(12-18)21-17)14-9-5-2-6-10-14/h2,5-6,9-10,13H,3-4,7-8,11-12,18H2,1H3. The first-order chi connectivity index (χ1) is 10.3. The summed E-state index contributed by atoms with van der Waals surface area (Å²) in [5, 5.41) is 1.14. The Bertz CT molecular complexity index is 579. The van der Waals surface area contributed by atoms with Gasteiger partial charge in [0.25, 0.3) is 0 Å². The number of benzene rings is 1. The van der Waals surface area contributed by atoms with E-state index >= 15 is 0 Å². The van der Waals surface area contributed by atoms with E-state index in [1.165, 1.54) is 36.1 Å². The molecule has 1 aromatic carbocycles. The highest BCUT2D eigenvalue weighted by molar-refractivity contribution is 7.16. The zero-order valence-electron chi connectivity index (χ0n) is 12.6. The number of nitrogens with two attached hydrogens (primary N) is 1. The Hall–Kier alpha value is -1.39. The number of nitrogens with zero attached hydrogens (tertiary/aromatic N) is 2. The Morgan fingerprint density at radius 1 is 1.24 bits per heavy atom. The lowest BCUT2D eigenvalue weighted by Crippen LogP contribution is -2.32. The largest absolute Gasteiger partial charge is 0.345 e. The lowest BCUT2D eigenvalue weighted by Gasteiger charge is -2.26. The smallest absolute Gasteiger partial charge is 0.186 e. The maximum absolute atomic E-state index is 5.95. The second-order valence-corrected chi connectivity index (χ2v) is 6.79. The van der Waals surface area contributed by atoms with Crippen LogP contribution in [0.5, 0.6) is 0 Å². The molecule has 1 aromatic heterocycles. The summed E-state index contributed by atoms with van der Waals surface area (Å²) in [7, 11) is 0. The van der Waals surface area contributed by atoms with Crippen molar-refractivity contribution in [2.24, 2.45) is 5.73 Å². The third kappa shape index (κ3) is 3.11. The number of hydrogen-bond acceptors (Lipinski definition) is 4. The molecule has 3 nitrogen and oxygen atoms in total. The van der Waals surface area contributed by atoms with Crippen molar-refractivity contribution >= 4 is 16.5 Å². The quantitative estimate of drug-likeness (QED) is 0.930. The molecule has 0 amide bonds. The molecule has 2 heterocycles. The van der Waals surface area contributed by atoms with E-state index in [4.69, 9.17) is 10.7 Å². The second kappa shape index (κ2) is 6.58. The first-order valence-electron chi connectivity index (χ1n) is 7.81. The van der Waals surface area contributed by atoms with Gasteiger partial charge in [0.1, 0.15) is 0 Å². The van der Waals surface area contributed by atoms with Gasteiger partial charge in [-0.25, -0.2) is 4.98 Å². The minimum Gasteiger partial charge on any atom is -0.345 e. The summed E-state index contributed by atoms with van der Waals surface area (Å²) in [6.45, 7) is 3.99. The van der Waals surface area contributed by atoms with Crippen molar-refractivity contribution in [2.45, 2.75) is 45.2 Å². The predicted octanol–water partition coefficient (Wildman–Crippen LogP) is 4.04. The zero-order chi connectivity index (χ0) is 14.7. The van der Waals surface area contributed by atoms with Gasteiger partial charge in [-0.3, -0.25) is 0 Å². The van der Waals surface area contributed by atoms with Gasteiger partial charge >= 0.3 is 0 Å². The van der Waals surface area contributed by atoms with E-state index in [-0.39, 0.29) is 0 Å². The molecule has 0 saturated carbocycles. The summed E-state index contributed by atoms with van der Waals surface area (Å²) in [5.41, 5.74) is 8.18. The number of thiazole rings is 1. The Kier molecular flexibility index (Phi) is 4.56. The van der Waals surface area contributed by atoms with Gasteiger partial charge in [0.05, 0.1) is 5.69 Å². The van der Waals surface area contributed by atoms with Crippen LogP contribution in [-0.2, 0) is 6.54 Å². The molecule has 4 heteroatoms. The van der Waals surface area contributed by atoms with Gasteiger partial charge in [0, 0.05) is 29.6 Å². The Morgan fingerprint density at radius 2 is 2.05 bits per heavy atom. The minimum absolute atomic E-state index is 0.560. The molecule has 1 unspecified atom stereocenters. The van der Waals surface area contributed by atoms with E-state index in [1.807, 2.05) is 6.07 Å². The summed E-state index contributed by atoms with van der Waals surface area (Å²) in [5.74, 6) is 0. The maximum Gasteiger partial charge on any atom is 0.186 e. The third-order valence-electron chi connectivity index (χ3n) is 4.22. The maximum atomic E-state index is 5.95. The predicted molar refractivity (Wildman–Crippen MR) is 90.7 cm³/mol. The van der Waals surface area contributed by atoms with Gasteiger partial charge in [-0.15, -0.1) is 0 Å². The van der Waals surface area contributed by atoms with E-state index < -0.39 is 0 Å². The molecule has 0 bridgehead atoms.